The van der Waals surface area contributed by atoms with Gasteiger partial charge in [-0.3, -0.25) is 4.98 Å². The minimum atomic E-state index is 1.12. The summed E-state index contributed by atoms with van der Waals surface area (Å²) in [5.41, 5.74) is 8.21. The van der Waals surface area contributed by atoms with Gasteiger partial charge in [-0.05, 0) is 76.2 Å². The number of hydrogen-bond donors (Lipinski definition) is 0. The maximum absolute atomic E-state index is 4.34. The largest absolute Gasteiger partial charge is 0.310 e. The van der Waals surface area contributed by atoms with Crippen molar-refractivity contribution in [2.24, 2.45) is 0 Å². The highest BCUT2D eigenvalue weighted by Crippen LogP contribution is 2.43. The van der Waals surface area contributed by atoms with Crippen molar-refractivity contribution < 1.29 is 0 Å². The summed E-state index contributed by atoms with van der Waals surface area (Å²) < 4.78 is 2.57. The maximum Gasteiger partial charge on any atom is 0.0476 e. The van der Waals surface area contributed by atoms with Crippen LogP contribution in [0.15, 0.2) is 158 Å². The normalized spacial score (nSPS) is 11.3. The number of rotatable bonds is 5. The highest BCUT2D eigenvalue weighted by atomic mass is 32.1. The number of benzene rings is 6. The number of aromatic nitrogens is 1. The fourth-order valence-electron chi connectivity index (χ4n) is 5.91. The highest BCUT2D eigenvalue weighted by molar-refractivity contribution is 7.26. The predicted molar refractivity (Wildman–Crippen MR) is 180 cm³/mol. The van der Waals surface area contributed by atoms with Crippen molar-refractivity contribution in [3.8, 4) is 22.3 Å². The van der Waals surface area contributed by atoms with Gasteiger partial charge < -0.3 is 4.90 Å². The Labute approximate surface area is 248 Å². The van der Waals surface area contributed by atoms with E-state index in [2.05, 4.69) is 155 Å². The van der Waals surface area contributed by atoms with Crippen LogP contribution in [0.2, 0.25) is 0 Å². The third-order valence-corrected chi connectivity index (χ3v) is 9.06. The molecule has 0 aliphatic carbocycles. The second-order valence-electron chi connectivity index (χ2n) is 10.5. The molecule has 2 heterocycles. The molecule has 0 bridgehead atoms. The van der Waals surface area contributed by atoms with Crippen LogP contribution in [-0.4, -0.2) is 4.98 Å². The van der Waals surface area contributed by atoms with Crippen LogP contribution in [-0.2, 0) is 0 Å². The van der Waals surface area contributed by atoms with Gasteiger partial charge in [0.2, 0.25) is 0 Å². The second-order valence-corrected chi connectivity index (χ2v) is 11.6. The predicted octanol–water partition coefficient (Wildman–Crippen LogP) is 11.4. The quantitative estimate of drug-likeness (QED) is 0.210. The van der Waals surface area contributed by atoms with E-state index in [1.165, 1.54) is 53.2 Å². The molecule has 0 unspecified atom stereocenters. The number of nitrogens with zero attached hydrogens (tertiary/aromatic N) is 2. The molecule has 2 nitrogen and oxygen atoms in total. The molecule has 8 aromatic rings. The number of thiophene rings is 1. The summed E-state index contributed by atoms with van der Waals surface area (Å²) in [5.74, 6) is 0. The van der Waals surface area contributed by atoms with E-state index >= 15 is 0 Å². The Hall–Kier alpha value is -5.25. The molecule has 6 aromatic carbocycles. The third-order valence-electron chi connectivity index (χ3n) is 7.94. The third kappa shape index (κ3) is 4.32. The number of anilines is 3. The Morgan fingerprint density at radius 3 is 1.90 bits per heavy atom. The Kier molecular flexibility index (Phi) is 6.02. The summed E-state index contributed by atoms with van der Waals surface area (Å²) >= 11 is 1.85. The molecule has 0 radical (unpaired) electrons. The van der Waals surface area contributed by atoms with Gasteiger partial charge in [0.05, 0.1) is 0 Å². The monoisotopic (exact) mass is 554 g/mol. The molecule has 0 amide bonds. The smallest absolute Gasteiger partial charge is 0.0476 e. The van der Waals surface area contributed by atoms with Gasteiger partial charge in [0.25, 0.3) is 0 Å². The fourth-order valence-corrected chi connectivity index (χ4v) is 7.06. The van der Waals surface area contributed by atoms with E-state index in [1.54, 1.807) is 0 Å². The standard InChI is InChI=1S/C39H26N2S/c1-3-8-27(9-4-1)29-14-17-32(18-15-29)41(33-13-7-12-30(24-33)28-10-5-2-6-11-28)34-19-20-36-38(25-34)42-37-21-16-31-26-40-23-22-35(31)39(36)37/h1-26H. The van der Waals surface area contributed by atoms with Gasteiger partial charge in [0.1, 0.15) is 0 Å². The molecule has 0 saturated carbocycles. The number of fused-ring (bicyclic) bond motifs is 5. The van der Waals surface area contributed by atoms with Crippen LogP contribution < -0.4 is 4.90 Å². The van der Waals surface area contributed by atoms with Crippen molar-refractivity contribution >= 4 is 59.3 Å². The van der Waals surface area contributed by atoms with Gasteiger partial charge in [-0.1, -0.05) is 97.1 Å². The summed E-state index contributed by atoms with van der Waals surface area (Å²) in [6.07, 6.45) is 3.84. The molecule has 0 aliphatic heterocycles. The lowest BCUT2D eigenvalue weighted by Crippen LogP contribution is -2.09. The lowest BCUT2D eigenvalue weighted by Gasteiger charge is -2.26. The zero-order chi connectivity index (χ0) is 27.9. The van der Waals surface area contributed by atoms with Crippen LogP contribution in [0.4, 0.5) is 17.1 Å². The summed E-state index contributed by atoms with van der Waals surface area (Å²) in [5, 5.41) is 5.02. The molecular weight excluding hydrogens is 529 g/mol. The molecule has 0 saturated heterocycles. The zero-order valence-electron chi connectivity index (χ0n) is 22.8. The minimum Gasteiger partial charge on any atom is -0.310 e. The lowest BCUT2D eigenvalue weighted by atomic mass is 10.0. The Bertz CT molecular complexity index is 2180. The minimum absolute atomic E-state index is 1.12. The molecule has 0 fully saturated rings. The molecule has 42 heavy (non-hydrogen) atoms. The summed E-state index contributed by atoms with van der Waals surface area (Å²) in [7, 11) is 0. The maximum atomic E-state index is 4.34. The molecule has 0 N–H and O–H groups in total. The van der Waals surface area contributed by atoms with Crippen LogP contribution in [0.25, 0.3) is 53.2 Å². The van der Waals surface area contributed by atoms with Gasteiger partial charge in [-0.25, -0.2) is 0 Å². The second kappa shape index (κ2) is 10.3. The SMILES string of the molecule is c1ccc(-c2ccc(N(c3cccc(-c4ccccc4)c3)c3ccc4c(c3)sc3ccc5cnccc5c34)cc2)cc1. The first kappa shape index (κ1) is 24.5. The molecule has 2 aromatic heterocycles. The van der Waals surface area contributed by atoms with Gasteiger partial charge in [-0.2, -0.15) is 0 Å². The van der Waals surface area contributed by atoms with Crippen LogP contribution >= 0.6 is 11.3 Å². The summed E-state index contributed by atoms with van der Waals surface area (Å²) in [4.78, 5) is 6.71. The summed E-state index contributed by atoms with van der Waals surface area (Å²) in [6.45, 7) is 0. The van der Waals surface area contributed by atoms with E-state index in [1.807, 2.05) is 23.7 Å². The average Bonchev–Trinajstić information content (AvgIpc) is 3.45. The first-order valence-corrected chi connectivity index (χ1v) is 14.9. The zero-order valence-corrected chi connectivity index (χ0v) is 23.6. The van der Waals surface area contributed by atoms with E-state index in [9.17, 15) is 0 Å². The van der Waals surface area contributed by atoms with Crippen molar-refractivity contribution in [2.45, 2.75) is 0 Å². The molecule has 198 valence electrons. The topological polar surface area (TPSA) is 16.1 Å². The van der Waals surface area contributed by atoms with Gasteiger partial charge in [0, 0.05) is 55.0 Å². The van der Waals surface area contributed by atoms with Gasteiger partial charge in [-0.15, -0.1) is 11.3 Å². The lowest BCUT2D eigenvalue weighted by molar-refractivity contribution is 1.29. The first-order chi connectivity index (χ1) is 20.8. The Morgan fingerprint density at radius 1 is 0.452 bits per heavy atom. The fraction of sp³-hybridized carbons (Fsp3) is 0. The average molecular weight is 555 g/mol. The van der Waals surface area contributed by atoms with Crippen molar-refractivity contribution in [2.75, 3.05) is 4.90 Å². The Morgan fingerprint density at radius 2 is 1.12 bits per heavy atom. The van der Waals surface area contributed by atoms with E-state index < -0.39 is 0 Å². The van der Waals surface area contributed by atoms with Crippen molar-refractivity contribution in [1.29, 1.82) is 0 Å². The molecular formula is C39H26N2S. The number of pyridine rings is 1. The van der Waals surface area contributed by atoms with E-state index in [0.717, 1.165) is 17.1 Å². The van der Waals surface area contributed by atoms with Crippen molar-refractivity contribution in [3.63, 3.8) is 0 Å². The van der Waals surface area contributed by atoms with Gasteiger partial charge >= 0.3 is 0 Å². The summed E-state index contributed by atoms with van der Waals surface area (Å²) in [6, 6.07) is 52.3. The Balaban J connectivity index is 1.30. The molecule has 8 rings (SSSR count). The van der Waals surface area contributed by atoms with Gasteiger partial charge in [0.15, 0.2) is 0 Å². The first-order valence-electron chi connectivity index (χ1n) is 14.1. The van der Waals surface area contributed by atoms with Crippen molar-refractivity contribution in [1.82, 2.24) is 4.98 Å². The molecule has 0 aliphatic rings. The molecule has 3 heteroatoms. The van der Waals surface area contributed by atoms with Crippen LogP contribution in [0.1, 0.15) is 0 Å². The van der Waals surface area contributed by atoms with E-state index in [4.69, 9.17) is 0 Å². The molecule has 0 atom stereocenters. The van der Waals surface area contributed by atoms with E-state index in [0.29, 0.717) is 0 Å². The van der Waals surface area contributed by atoms with Crippen LogP contribution in [0.3, 0.4) is 0 Å². The van der Waals surface area contributed by atoms with E-state index in [-0.39, 0.29) is 0 Å². The van der Waals surface area contributed by atoms with Crippen LogP contribution in [0.5, 0.6) is 0 Å². The molecule has 0 spiro atoms. The highest BCUT2D eigenvalue weighted by Gasteiger charge is 2.16. The van der Waals surface area contributed by atoms with Crippen molar-refractivity contribution in [3.05, 3.63) is 158 Å². The number of hydrogen-bond acceptors (Lipinski definition) is 3. The van der Waals surface area contributed by atoms with Crippen LogP contribution in [0, 0.1) is 0 Å².